The van der Waals surface area contributed by atoms with Crippen LogP contribution in [0.5, 0.6) is 0 Å². The molecular weight excluding hydrogens is 298 g/mol. The quantitative estimate of drug-likeness (QED) is 0.869. The molecule has 0 N–H and O–H groups in total. The van der Waals surface area contributed by atoms with Crippen LogP contribution in [-0.2, 0) is 0 Å². The average Bonchev–Trinajstić information content (AvgIpc) is 3.05. The molecule has 6 nitrogen and oxygen atoms in total. The molecule has 1 saturated heterocycles. The van der Waals surface area contributed by atoms with Gasteiger partial charge in [-0.3, -0.25) is 4.79 Å². The number of hydrogen-bond acceptors (Lipinski definition) is 6. The molecule has 1 aliphatic rings. The molecule has 3 heterocycles. The Labute approximate surface area is 133 Å². The van der Waals surface area contributed by atoms with Gasteiger partial charge < -0.3 is 4.90 Å². The molecule has 22 heavy (non-hydrogen) atoms. The van der Waals surface area contributed by atoms with Crippen molar-refractivity contribution in [1.82, 2.24) is 24.5 Å². The smallest absolute Gasteiger partial charge is 0.267 e. The Balaban J connectivity index is 1.77. The zero-order valence-corrected chi connectivity index (χ0v) is 13.6. The monoisotopic (exact) mass is 317 g/mol. The van der Waals surface area contributed by atoms with Crippen LogP contribution in [0.1, 0.15) is 59.6 Å². The van der Waals surface area contributed by atoms with Gasteiger partial charge in [0.05, 0.1) is 5.69 Å². The maximum absolute atomic E-state index is 12.8. The van der Waals surface area contributed by atoms with Crippen molar-refractivity contribution in [2.24, 2.45) is 0 Å². The number of carbonyl (C=O) groups is 1. The molecule has 1 atom stereocenters. The second-order valence-electron chi connectivity index (χ2n) is 5.87. The zero-order valence-electron chi connectivity index (χ0n) is 12.8. The Hall–Kier alpha value is -1.89. The molecule has 7 heteroatoms. The molecule has 1 aliphatic heterocycles. The van der Waals surface area contributed by atoms with Crippen molar-refractivity contribution >= 4 is 17.4 Å². The second-order valence-corrected chi connectivity index (χ2v) is 6.62. The molecule has 116 valence electrons. The van der Waals surface area contributed by atoms with Crippen molar-refractivity contribution in [3.8, 4) is 0 Å². The minimum Gasteiger partial charge on any atom is -0.337 e. The van der Waals surface area contributed by atoms with Crippen LogP contribution in [-0.4, -0.2) is 43.5 Å². The number of rotatable bonds is 3. The summed E-state index contributed by atoms with van der Waals surface area (Å²) < 4.78 is 3.96. The fraction of sp³-hybridized carbons (Fsp3) is 0.533. The lowest BCUT2D eigenvalue weighted by molar-refractivity contribution is 0.0709. The van der Waals surface area contributed by atoms with Crippen LogP contribution in [0.2, 0.25) is 0 Å². The third-order valence-electron chi connectivity index (χ3n) is 3.99. The maximum atomic E-state index is 12.8. The van der Waals surface area contributed by atoms with E-state index in [2.05, 4.69) is 19.6 Å². The lowest BCUT2D eigenvalue weighted by atomic mass is 9.94. The molecule has 2 aromatic heterocycles. The minimum absolute atomic E-state index is 0.0532. The lowest BCUT2D eigenvalue weighted by Crippen LogP contribution is -2.39. The maximum Gasteiger partial charge on any atom is 0.267 e. The van der Waals surface area contributed by atoms with E-state index in [1.54, 1.807) is 12.5 Å². The summed E-state index contributed by atoms with van der Waals surface area (Å²) in [5.41, 5.74) is 1.82. The van der Waals surface area contributed by atoms with Crippen LogP contribution in [0.4, 0.5) is 0 Å². The summed E-state index contributed by atoms with van der Waals surface area (Å²) in [6.07, 6.45) is 5.37. The molecule has 1 amide bonds. The SMILES string of the molecule is CC(C)c1nnsc1C(=O)N1CCC[C@H](c2ccncn2)C1. The van der Waals surface area contributed by atoms with Crippen LogP contribution in [0, 0.1) is 0 Å². The third kappa shape index (κ3) is 2.99. The second kappa shape index (κ2) is 6.48. The van der Waals surface area contributed by atoms with Crippen molar-refractivity contribution in [3.05, 3.63) is 34.9 Å². The van der Waals surface area contributed by atoms with Crippen LogP contribution >= 0.6 is 11.5 Å². The van der Waals surface area contributed by atoms with Gasteiger partial charge in [0, 0.05) is 30.9 Å². The average molecular weight is 317 g/mol. The van der Waals surface area contributed by atoms with Crippen molar-refractivity contribution < 1.29 is 4.79 Å². The van der Waals surface area contributed by atoms with Crippen LogP contribution in [0.15, 0.2) is 18.6 Å². The fourth-order valence-corrected chi connectivity index (χ4v) is 3.60. The van der Waals surface area contributed by atoms with E-state index < -0.39 is 0 Å². The molecular formula is C15H19N5OS. The van der Waals surface area contributed by atoms with E-state index in [4.69, 9.17) is 0 Å². The highest BCUT2D eigenvalue weighted by atomic mass is 32.1. The van der Waals surface area contributed by atoms with Crippen molar-refractivity contribution in [2.75, 3.05) is 13.1 Å². The fourth-order valence-electron chi connectivity index (χ4n) is 2.81. The van der Waals surface area contributed by atoms with E-state index >= 15 is 0 Å². The highest BCUT2D eigenvalue weighted by Crippen LogP contribution is 2.28. The number of amides is 1. The highest BCUT2D eigenvalue weighted by Gasteiger charge is 2.29. The Bertz CT molecular complexity index is 642. The Morgan fingerprint density at radius 3 is 3.05 bits per heavy atom. The number of hydrogen-bond donors (Lipinski definition) is 0. The number of piperidine rings is 1. The normalized spacial score (nSPS) is 18.7. The first-order valence-electron chi connectivity index (χ1n) is 7.54. The summed E-state index contributed by atoms with van der Waals surface area (Å²) in [5.74, 6) is 0.543. The van der Waals surface area contributed by atoms with Crippen LogP contribution in [0.25, 0.3) is 0 Å². The summed E-state index contributed by atoms with van der Waals surface area (Å²) in [6, 6.07) is 1.94. The summed E-state index contributed by atoms with van der Waals surface area (Å²) in [7, 11) is 0. The van der Waals surface area contributed by atoms with Gasteiger partial charge in [-0.2, -0.15) is 0 Å². The first kappa shape index (κ1) is 15.0. The van der Waals surface area contributed by atoms with Gasteiger partial charge in [-0.1, -0.05) is 18.3 Å². The molecule has 0 unspecified atom stereocenters. The third-order valence-corrected chi connectivity index (χ3v) is 4.72. The Kier molecular flexibility index (Phi) is 4.42. The van der Waals surface area contributed by atoms with Crippen molar-refractivity contribution in [1.29, 1.82) is 0 Å². The molecule has 3 rings (SSSR count). The topological polar surface area (TPSA) is 71.9 Å². The number of aromatic nitrogens is 4. The van der Waals surface area contributed by atoms with Gasteiger partial charge in [0.25, 0.3) is 5.91 Å². The van der Waals surface area contributed by atoms with E-state index in [-0.39, 0.29) is 17.7 Å². The molecule has 0 saturated carbocycles. The van der Waals surface area contributed by atoms with Crippen molar-refractivity contribution in [2.45, 2.75) is 38.5 Å². The van der Waals surface area contributed by atoms with Gasteiger partial charge >= 0.3 is 0 Å². The predicted molar refractivity (Wildman–Crippen MR) is 83.9 cm³/mol. The van der Waals surface area contributed by atoms with E-state index in [1.165, 1.54) is 11.5 Å². The molecule has 0 aliphatic carbocycles. The van der Waals surface area contributed by atoms with Gasteiger partial charge in [-0.25, -0.2) is 9.97 Å². The standard InChI is InChI=1S/C15H19N5OS/c1-10(2)13-14(22-19-18-13)15(21)20-7-3-4-11(8-20)12-5-6-16-9-17-12/h5-6,9-11H,3-4,7-8H2,1-2H3/t11-/m0/s1. The first-order chi connectivity index (χ1) is 10.7. The molecule has 1 fully saturated rings. The van der Waals surface area contributed by atoms with Crippen LogP contribution in [0.3, 0.4) is 0 Å². The summed E-state index contributed by atoms with van der Waals surface area (Å²) in [4.78, 5) is 23.7. The Morgan fingerprint density at radius 1 is 1.45 bits per heavy atom. The summed E-state index contributed by atoms with van der Waals surface area (Å²) in [5, 5.41) is 4.11. The van der Waals surface area contributed by atoms with Gasteiger partial charge in [0.1, 0.15) is 11.2 Å². The summed E-state index contributed by atoms with van der Waals surface area (Å²) in [6.45, 7) is 5.56. The number of likely N-dealkylation sites (tertiary alicyclic amines) is 1. The molecule has 0 bridgehead atoms. The minimum atomic E-state index is 0.0532. The predicted octanol–water partition coefficient (Wildman–Crippen LogP) is 2.47. The Morgan fingerprint density at radius 2 is 2.32 bits per heavy atom. The molecule has 2 aromatic rings. The molecule has 0 spiro atoms. The highest BCUT2D eigenvalue weighted by molar-refractivity contribution is 7.08. The van der Waals surface area contributed by atoms with Crippen molar-refractivity contribution in [3.63, 3.8) is 0 Å². The lowest BCUT2D eigenvalue weighted by Gasteiger charge is -2.32. The van der Waals surface area contributed by atoms with Gasteiger partial charge in [-0.15, -0.1) is 5.10 Å². The molecule has 0 aromatic carbocycles. The van der Waals surface area contributed by atoms with Crippen LogP contribution < -0.4 is 0 Å². The van der Waals surface area contributed by atoms with Gasteiger partial charge in [0.15, 0.2) is 0 Å². The zero-order chi connectivity index (χ0) is 15.5. The van der Waals surface area contributed by atoms with Gasteiger partial charge in [0.2, 0.25) is 0 Å². The van der Waals surface area contributed by atoms with E-state index in [0.717, 1.165) is 30.8 Å². The summed E-state index contributed by atoms with van der Waals surface area (Å²) >= 11 is 1.20. The van der Waals surface area contributed by atoms with Gasteiger partial charge in [-0.05, 0) is 36.4 Å². The molecule has 0 radical (unpaired) electrons. The largest absolute Gasteiger partial charge is 0.337 e. The number of nitrogens with zero attached hydrogens (tertiary/aromatic N) is 5. The van der Waals surface area contributed by atoms with E-state index in [0.29, 0.717) is 11.4 Å². The first-order valence-corrected chi connectivity index (χ1v) is 8.31. The number of carbonyl (C=O) groups excluding carboxylic acids is 1. The van der Waals surface area contributed by atoms with E-state index in [1.807, 2.05) is 24.8 Å². The van der Waals surface area contributed by atoms with E-state index in [9.17, 15) is 4.79 Å².